The highest BCUT2D eigenvalue weighted by molar-refractivity contribution is 6.68. The Balaban J connectivity index is 2.01. The van der Waals surface area contributed by atoms with Gasteiger partial charge in [-0.05, 0) is 47.4 Å². The molecule has 9 nitrogen and oxygen atoms in total. The number of nitrogens with two attached hydrogens (primary N) is 1. The normalized spacial score (nSPS) is 26.7. The minimum absolute atomic E-state index is 0.0141. The van der Waals surface area contributed by atoms with Crippen LogP contribution in [0, 0.1) is 11.8 Å². The molecule has 10 heteroatoms. The van der Waals surface area contributed by atoms with Gasteiger partial charge in [0.2, 0.25) is 5.78 Å². The molecule has 3 aliphatic carbocycles. The maximum absolute atomic E-state index is 13.5. The lowest BCUT2D eigenvalue weighted by molar-refractivity contribution is -0.147. The number of phenolic OH excluding ortho intramolecular Hbond substituents is 1. The summed E-state index contributed by atoms with van der Waals surface area (Å²) in [7, 11) is 0. The fraction of sp³-hybridized carbons (Fsp3) is 0.417. The smallest absolute Gasteiger partial charge is 0.255 e. The molecule has 0 unspecified atom stereocenters. The SMILES string of the molecule is CC(C)(C)c1cc(C(=O)Cl)c2c(c1O)C(O)=C1C(=O)[C@]3(O)C(O)=C(C(N)=O)C(=O)C[C@@H]3C[C@@H]1C2. The summed E-state index contributed by atoms with van der Waals surface area (Å²) >= 11 is 5.83. The maximum atomic E-state index is 13.5. The molecule has 1 fully saturated rings. The Morgan fingerprint density at radius 2 is 1.76 bits per heavy atom. The molecule has 34 heavy (non-hydrogen) atoms. The lowest BCUT2D eigenvalue weighted by Crippen LogP contribution is -2.58. The molecule has 0 aliphatic heterocycles. The minimum Gasteiger partial charge on any atom is -0.508 e. The van der Waals surface area contributed by atoms with E-state index >= 15 is 0 Å². The van der Waals surface area contributed by atoms with Crippen molar-refractivity contribution in [1.29, 1.82) is 0 Å². The fourth-order valence-electron chi connectivity index (χ4n) is 5.44. The number of Topliss-reactive ketones (excluding diaryl/α,β-unsaturated/α-hetero) is 2. The number of ketones is 2. The van der Waals surface area contributed by atoms with E-state index in [0.717, 1.165) is 0 Å². The standard InChI is InChI=1S/C24H24ClNO8/c1-23(2,3)12-7-11(21(25)32)10-5-8-4-9-6-13(27)16(22(26)33)20(31)24(9,34)19(30)14(8)18(29)15(10)17(12)28/h7-9,28-29,31,34H,4-6H2,1-3H3,(H2,26,33)/t8-,9+,24+/m1/s1. The van der Waals surface area contributed by atoms with Crippen molar-refractivity contribution in [3.05, 3.63) is 45.2 Å². The van der Waals surface area contributed by atoms with Gasteiger partial charge in [-0.2, -0.15) is 0 Å². The number of aromatic hydroxyl groups is 1. The first-order valence-electron chi connectivity index (χ1n) is 10.7. The van der Waals surface area contributed by atoms with Gasteiger partial charge in [-0.3, -0.25) is 19.2 Å². The highest BCUT2D eigenvalue weighted by atomic mass is 35.5. The second-order valence-electron chi connectivity index (χ2n) is 10.1. The first kappa shape index (κ1) is 24.0. The number of aliphatic hydroxyl groups excluding tert-OH is 2. The third-order valence-corrected chi connectivity index (χ3v) is 7.29. The zero-order valence-corrected chi connectivity index (χ0v) is 19.5. The van der Waals surface area contributed by atoms with Crippen molar-refractivity contribution in [2.45, 2.75) is 51.0 Å². The number of primary amides is 1. The van der Waals surface area contributed by atoms with Crippen molar-refractivity contribution in [1.82, 2.24) is 0 Å². The van der Waals surface area contributed by atoms with Crippen LogP contribution in [0.1, 0.15) is 60.7 Å². The Hall–Kier alpha value is -3.17. The Morgan fingerprint density at radius 1 is 1.15 bits per heavy atom. The molecule has 0 saturated heterocycles. The molecular weight excluding hydrogens is 466 g/mol. The second kappa shape index (κ2) is 7.41. The number of aliphatic hydroxyl groups is 3. The molecule has 1 amide bonds. The van der Waals surface area contributed by atoms with Gasteiger partial charge in [-0.15, -0.1) is 0 Å². The van der Waals surface area contributed by atoms with Gasteiger partial charge in [0.05, 0.1) is 5.56 Å². The van der Waals surface area contributed by atoms with E-state index in [1.807, 2.05) is 0 Å². The molecule has 6 N–H and O–H groups in total. The molecule has 1 aromatic rings. The summed E-state index contributed by atoms with van der Waals surface area (Å²) in [6.45, 7) is 5.33. The van der Waals surface area contributed by atoms with Crippen LogP contribution in [-0.4, -0.2) is 48.7 Å². The number of halogens is 1. The Morgan fingerprint density at radius 3 is 2.29 bits per heavy atom. The lowest BCUT2D eigenvalue weighted by atomic mass is 9.59. The summed E-state index contributed by atoms with van der Waals surface area (Å²) in [5.74, 6) is -7.15. The number of fused-ring (bicyclic) bond motifs is 3. The van der Waals surface area contributed by atoms with Crippen molar-refractivity contribution < 1.29 is 39.6 Å². The highest BCUT2D eigenvalue weighted by Crippen LogP contribution is 2.53. The third-order valence-electron chi connectivity index (χ3n) is 7.08. The molecule has 0 radical (unpaired) electrons. The van der Waals surface area contributed by atoms with Crippen LogP contribution in [0.25, 0.3) is 5.76 Å². The van der Waals surface area contributed by atoms with Crippen LogP contribution in [0.5, 0.6) is 5.75 Å². The van der Waals surface area contributed by atoms with Crippen LogP contribution < -0.4 is 5.73 Å². The third kappa shape index (κ3) is 3.10. The monoisotopic (exact) mass is 489 g/mol. The summed E-state index contributed by atoms with van der Waals surface area (Å²) in [6, 6.07) is 1.46. The number of hydrogen-bond donors (Lipinski definition) is 5. The molecule has 180 valence electrons. The van der Waals surface area contributed by atoms with Crippen LogP contribution in [0.3, 0.4) is 0 Å². The quantitative estimate of drug-likeness (QED) is 0.310. The number of amides is 1. The number of hydrogen-bond acceptors (Lipinski definition) is 8. The van der Waals surface area contributed by atoms with E-state index in [1.165, 1.54) is 6.07 Å². The van der Waals surface area contributed by atoms with Crippen molar-refractivity contribution in [2.24, 2.45) is 17.6 Å². The van der Waals surface area contributed by atoms with E-state index in [4.69, 9.17) is 17.3 Å². The maximum Gasteiger partial charge on any atom is 0.255 e. The van der Waals surface area contributed by atoms with Crippen molar-refractivity contribution >= 4 is 40.1 Å². The molecule has 0 heterocycles. The van der Waals surface area contributed by atoms with E-state index < -0.39 is 69.1 Å². The molecule has 3 atom stereocenters. The van der Waals surface area contributed by atoms with Gasteiger partial charge in [-0.25, -0.2) is 0 Å². The number of carbonyl (C=O) groups is 4. The van der Waals surface area contributed by atoms with Crippen molar-refractivity contribution in [2.75, 3.05) is 0 Å². The lowest BCUT2D eigenvalue weighted by Gasteiger charge is -2.46. The average molecular weight is 490 g/mol. The van der Waals surface area contributed by atoms with Crippen LogP contribution in [0.15, 0.2) is 23.0 Å². The highest BCUT2D eigenvalue weighted by Gasteiger charge is 2.60. The first-order chi connectivity index (χ1) is 15.6. The number of phenols is 1. The topological polar surface area (TPSA) is 175 Å². The van der Waals surface area contributed by atoms with Crippen molar-refractivity contribution in [3.8, 4) is 5.75 Å². The molecule has 3 aliphatic rings. The van der Waals surface area contributed by atoms with E-state index in [-0.39, 0.29) is 40.9 Å². The van der Waals surface area contributed by atoms with Gasteiger partial charge >= 0.3 is 0 Å². The summed E-state index contributed by atoms with van der Waals surface area (Å²) in [5.41, 5.74) is 1.22. The molecule has 0 aromatic heterocycles. The average Bonchev–Trinajstić information content (AvgIpc) is 2.69. The van der Waals surface area contributed by atoms with E-state index in [0.29, 0.717) is 5.56 Å². The molecule has 0 spiro atoms. The number of rotatable bonds is 2. The summed E-state index contributed by atoms with van der Waals surface area (Å²) in [6.07, 6.45) is -0.432. The van der Waals surface area contributed by atoms with Gasteiger partial charge in [0, 0.05) is 29.0 Å². The summed E-state index contributed by atoms with van der Waals surface area (Å²) < 4.78 is 0. The minimum atomic E-state index is -2.64. The van der Waals surface area contributed by atoms with Crippen molar-refractivity contribution in [3.63, 3.8) is 0 Å². The predicted octanol–water partition coefficient (Wildman–Crippen LogP) is 2.10. The fourth-order valence-corrected chi connectivity index (χ4v) is 5.60. The summed E-state index contributed by atoms with van der Waals surface area (Å²) in [5, 5.41) is 43.3. The Kier molecular flexibility index (Phi) is 5.23. The van der Waals surface area contributed by atoms with Gasteiger partial charge in [-0.1, -0.05) is 20.8 Å². The van der Waals surface area contributed by atoms with E-state index in [2.05, 4.69) is 0 Å². The van der Waals surface area contributed by atoms with Crippen LogP contribution in [0.4, 0.5) is 0 Å². The predicted molar refractivity (Wildman–Crippen MR) is 120 cm³/mol. The molecular formula is C24H24ClNO8. The molecule has 1 saturated carbocycles. The number of carbonyl (C=O) groups excluding carboxylic acids is 4. The van der Waals surface area contributed by atoms with Crippen LogP contribution in [-0.2, 0) is 26.2 Å². The largest absolute Gasteiger partial charge is 0.508 e. The zero-order chi connectivity index (χ0) is 25.5. The second-order valence-corrected chi connectivity index (χ2v) is 10.4. The number of benzene rings is 1. The van der Waals surface area contributed by atoms with Gasteiger partial charge in [0.1, 0.15) is 22.8 Å². The van der Waals surface area contributed by atoms with Gasteiger partial charge in [0.15, 0.2) is 11.4 Å². The summed E-state index contributed by atoms with van der Waals surface area (Å²) in [4.78, 5) is 49.9. The Labute approximate surface area is 199 Å². The van der Waals surface area contributed by atoms with E-state index in [9.17, 15) is 39.6 Å². The molecule has 4 rings (SSSR count). The molecule has 0 bridgehead atoms. The molecule has 1 aromatic carbocycles. The van der Waals surface area contributed by atoms with Crippen LogP contribution in [0.2, 0.25) is 0 Å². The van der Waals surface area contributed by atoms with E-state index in [1.54, 1.807) is 20.8 Å². The van der Waals surface area contributed by atoms with Gasteiger partial charge in [0.25, 0.3) is 11.1 Å². The zero-order valence-electron chi connectivity index (χ0n) is 18.7. The Bertz CT molecular complexity index is 1270. The first-order valence-corrected chi connectivity index (χ1v) is 11.1. The van der Waals surface area contributed by atoms with Gasteiger partial charge < -0.3 is 26.2 Å². The van der Waals surface area contributed by atoms with Crippen LogP contribution >= 0.6 is 11.6 Å².